The van der Waals surface area contributed by atoms with Crippen molar-refractivity contribution in [3.05, 3.63) is 78.0 Å². The highest BCUT2D eigenvalue weighted by atomic mass is 16.3. The van der Waals surface area contributed by atoms with Gasteiger partial charge in [0.1, 0.15) is 12.1 Å². The van der Waals surface area contributed by atoms with Crippen molar-refractivity contribution in [1.29, 1.82) is 0 Å². The predicted octanol–water partition coefficient (Wildman–Crippen LogP) is 3.81. The second kappa shape index (κ2) is 7.86. The number of benzene rings is 1. The normalized spacial score (nSPS) is 12.2. The van der Waals surface area contributed by atoms with Crippen LogP contribution in [0.2, 0.25) is 0 Å². The van der Waals surface area contributed by atoms with E-state index in [1.165, 1.54) is 0 Å². The number of aliphatic hydroxyl groups is 1. The molecule has 5 rings (SSSR count). The van der Waals surface area contributed by atoms with Gasteiger partial charge in [-0.1, -0.05) is 0 Å². The third kappa shape index (κ3) is 3.58. The summed E-state index contributed by atoms with van der Waals surface area (Å²) in [6.45, 7) is 5.57. The smallest absolute Gasteiger partial charge is 0.161 e. The molecular weight excluding hydrogens is 404 g/mol. The minimum atomic E-state index is -0.673. The maximum absolute atomic E-state index is 10.2. The van der Waals surface area contributed by atoms with Gasteiger partial charge in [-0.05, 0) is 69.3 Å². The number of pyridine rings is 1. The number of fused-ring (bicyclic) bond motifs is 1. The fourth-order valence-corrected chi connectivity index (χ4v) is 3.56. The quantitative estimate of drug-likeness (QED) is 0.440. The Bertz CT molecular complexity index is 1400. The van der Waals surface area contributed by atoms with E-state index in [2.05, 4.69) is 25.6 Å². The third-order valence-corrected chi connectivity index (χ3v) is 5.24. The Morgan fingerprint density at radius 2 is 1.88 bits per heavy atom. The SMILES string of the molecule is Cc1ccc(Nc2ccc3c(c2)ncn3-c2ccc([C@H](C)O)c(-n3nccc3C)n2)nn1. The maximum Gasteiger partial charge on any atom is 0.161 e. The van der Waals surface area contributed by atoms with E-state index in [0.29, 0.717) is 23.0 Å². The van der Waals surface area contributed by atoms with Crippen LogP contribution in [0.1, 0.15) is 30.0 Å². The molecule has 0 aliphatic carbocycles. The van der Waals surface area contributed by atoms with Crippen molar-refractivity contribution in [2.45, 2.75) is 26.9 Å². The molecule has 160 valence electrons. The Labute approximate surface area is 184 Å². The molecule has 9 nitrogen and oxygen atoms in total. The molecule has 0 radical (unpaired) electrons. The number of rotatable bonds is 5. The van der Waals surface area contributed by atoms with Crippen molar-refractivity contribution in [1.82, 2.24) is 34.5 Å². The summed E-state index contributed by atoms with van der Waals surface area (Å²) in [6.07, 6.45) is 2.78. The molecule has 2 N–H and O–H groups in total. The number of anilines is 2. The number of aryl methyl sites for hydroxylation is 2. The molecule has 0 fully saturated rings. The largest absolute Gasteiger partial charge is 0.389 e. The fraction of sp³-hybridized carbons (Fsp3) is 0.174. The summed E-state index contributed by atoms with van der Waals surface area (Å²) in [5, 5.41) is 26.1. The molecule has 9 heteroatoms. The van der Waals surface area contributed by atoms with Gasteiger partial charge in [0.15, 0.2) is 11.6 Å². The van der Waals surface area contributed by atoms with Gasteiger partial charge < -0.3 is 10.4 Å². The highest BCUT2D eigenvalue weighted by molar-refractivity contribution is 5.82. The van der Waals surface area contributed by atoms with Crippen LogP contribution in [-0.2, 0) is 0 Å². The minimum absolute atomic E-state index is 0.595. The topological polar surface area (TPSA) is 107 Å². The van der Waals surface area contributed by atoms with E-state index in [-0.39, 0.29) is 0 Å². The molecule has 0 aliphatic rings. The van der Waals surface area contributed by atoms with Gasteiger partial charge in [0, 0.05) is 23.1 Å². The lowest BCUT2D eigenvalue weighted by Crippen LogP contribution is -2.10. The van der Waals surface area contributed by atoms with E-state index >= 15 is 0 Å². The van der Waals surface area contributed by atoms with Crippen molar-refractivity contribution in [3.63, 3.8) is 0 Å². The van der Waals surface area contributed by atoms with Gasteiger partial charge in [0.25, 0.3) is 0 Å². The second-order valence-corrected chi connectivity index (χ2v) is 7.65. The van der Waals surface area contributed by atoms with Crippen molar-refractivity contribution < 1.29 is 5.11 Å². The number of nitrogens with zero attached hydrogens (tertiary/aromatic N) is 7. The Kier molecular flexibility index (Phi) is 4.87. The van der Waals surface area contributed by atoms with Gasteiger partial charge >= 0.3 is 0 Å². The average molecular weight is 426 g/mol. The molecule has 0 aliphatic heterocycles. The van der Waals surface area contributed by atoms with E-state index in [9.17, 15) is 5.11 Å². The van der Waals surface area contributed by atoms with E-state index in [1.807, 2.05) is 66.9 Å². The molecule has 32 heavy (non-hydrogen) atoms. The van der Waals surface area contributed by atoms with Crippen LogP contribution in [0.25, 0.3) is 22.7 Å². The van der Waals surface area contributed by atoms with Gasteiger partial charge in [-0.25, -0.2) is 14.6 Å². The van der Waals surface area contributed by atoms with Gasteiger partial charge in [-0.2, -0.15) is 10.2 Å². The van der Waals surface area contributed by atoms with Crippen molar-refractivity contribution in [3.8, 4) is 11.6 Å². The fourth-order valence-electron chi connectivity index (χ4n) is 3.56. The summed E-state index contributed by atoms with van der Waals surface area (Å²) in [7, 11) is 0. The van der Waals surface area contributed by atoms with Gasteiger partial charge in [-0.15, -0.1) is 5.10 Å². The Balaban J connectivity index is 1.53. The summed E-state index contributed by atoms with van der Waals surface area (Å²) in [6, 6.07) is 15.3. The lowest BCUT2D eigenvalue weighted by atomic mass is 10.1. The second-order valence-electron chi connectivity index (χ2n) is 7.65. The van der Waals surface area contributed by atoms with E-state index in [0.717, 1.165) is 28.1 Å². The monoisotopic (exact) mass is 426 g/mol. The summed E-state index contributed by atoms with van der Waals surface area (Å²) < 4.78 is 3.65. The first kappa shape index (κ1) is 19.8. The van der Waals surface area contributed by atoms with Crippen LogP contribution < -0.4 is 5.32 Å². The van der Waals surface area contributed by atoms with Crippen LogP contribution >= 0.6 is 0 Å². The summed E-state index contributed by atoms with van der Waals surface area (Å²) >= 11 is 0. The zero-order chi connectivity index (χ0) is 22.2. The first-order chi connectivity index (χ1) is 15.5. The van der Waals surface area contributed by atoms with Crippen LogP contribution in [0.3, 0.4) is 0 Å². The van der Waals surface area contributed by atoms with Crippen molar-refractivity contribution >= 4 is 22.5 Å². The number of aliphatic hydroxyl groups excluding tert-OH is 1. The lowest BCUT2D eigenvalue weighted by Gasteiger charge is -2.14. The van der Waals surface area contributed by atoms with Crippen LogP contribution in [0.4, 0.5) is 11.5 Å². The van der Waals surface area contributed by atoms with Crippen LogP contribution in [0.15, 0.2) is 61.1 Å². The number of hydrogen-bond acceptors (Lipinski definition) is 7. The first-order valence-electron chi connectivity index (χ1n) is 10.2. The van der Waals surface area contributed by atoms with Crippen LogP contribution in [0.5, 0.6) is 0 Å². The molecule has 0 saturated carbocycles. The molecule has 1 atom stereocenters. The van der Waals surface area contributed by atoms with Crippen molar-refractivity contribution in [2.24, 2.45) is 0 Å². The van der Waals surface area contributed by atoms with Gasteiger partial charge in [-0.3, -0.25) is 4.57 Å². The van der Waals surface area contributed by atoms with Crippen LogP contribution in [-0.4, -0.2) is 39.6 Å². The van der Waals surface area contributed by atoms with E-state index in [1.54, 1.807) is 24.1 Å². The Hall–Kier alpha value is -4.11. The van der Waals surface area contributed by atoms with E-state index in [4.69, 9.17) is 4.98 Å². The summed E-state index contributed by atoms with van der Waals surface area (Å²) in [5.74, 6) is 1.95. The molecule has 4 heterocycles. The Morgan fingerprint density at radius 1 is 1.00 bits per heavy atom. The number of imidazole rings is 1. The lowest BCUT2D eigenvalue weighted by molar-refractivity contribution is 0.198. The standard InChI is InChI=1S/C23H22N8O/c1-14-4-8-21(29-28-14)26-17-5-7-20-19(12-17)24-13-30(20)22-9-6-18(16(3)32)23(27-22)31-15(2)10-11-25-31/h4-13,16,32H,1-3H3,(H,26,29)/t16-/m0/s1. The highest BCUT2D eigenvalue weighted by Crippen LogP contribution is 2.26. The molecule has 0 saturated heterocycles. The molecular formula is C23H22N8O. The number of nitrogens with one attached hydrogen (secondary N) is 1. The number of hydrogen-bond donors (Lipinski definition) is 2. The zero-order valence-electron chi connectivity index (χ0n) is 17.9. The van der Waals surface area contributed by atoms with E-state index < -0.39 is 6.10 Å². The Morgan fingerprint density at radius 3 is 2.59 bits per heavy atom. The van der Waals surface area contributed by atoms with Gasteiger partial charge in [0.05, 0.1) is 22.8 Å². The summed E-state index contributed by atoms with van der Waals surface area (Å²) in [5.41, 5.74) is 5.09. The molecule has 0 bridgehead atoms. The molecule has 0 amide bonds. The van der Waals surface area contributed by atoms with Gasteiger partial charge in [0.2, 0.25) is 0 Å². The first-order valence-corrected chi connectivity index (χ1v) is 10.2. The van der Waals surface area contributed by atoms with Crippen LogP contribution in [0, 0.1) is 13.8 Å². The average Bonchev–Trinajstić information content (AvgIpc) is 3.40. The number of aromatic nitrogens is 7. The molecule has 0 spiro atoms. The third-order valence-electron chi connectivity index (χ3n) is 5.24. The minimum Gasteiger partial charge on any atom is -0.389 e. The molecule has 5 aromatic rings. The van der Waals surface area contributed by atoms with Crippen molar-refractivity contribution in [2.75, 3.05) is 5.32 Å². The molecule has 4 aromatic heterocycles. The molecule has 0 unspecified atom stereocenters. The zero-order valence-corrected chi connectivity index (χ0v) is 17.9. The summed E-state index contributed by atoms with van der Waals surface area (Å²) in [4.78, 5) is 9.37. The highest BCUT2D eigenvalue weighted by Gasteiger charge is 2.16. The molecule has 1 aromatic carbocycles. The predicted molar refractivity (Wildman–Crippen MR) is 121 cm³/mol. The maximum atomic E-state index is 10.2.